The maximum absolute atomic E-state index is 9.55. The van der Waals surface area contributed by atoms with Crippen LogP contribution in [0.25, 0.3) is 0 Å². The molecule has 0 amide bonds. The summed E-state index contributed by atoms with van der Waals surface area (Å²) in [6, 6.07) is 15.5. The van der Waals surface area contributed by atoms with E-state index in [-0.39, 0.29) is 12.5 Å². The minimum Gasteiger partial charge on any atom is -0.478 e. The monoisotopic (exact) mass is 445 g/mol. The SMILES string of the molecule is O=C(O)/C=C/C(=O)O.[2H]C([2H])([2H])N(CC(C)CN1c2ccccc2Sc2ccc(C#N)cc21)C([2H])([2H])[2H]. The Balaban J connectivity index is 0.000000521. The van der Waals surface area contributed by atoms with Crippen molar-refractivity contribution in [3.63, 3.8) is 0 Å². The van der Waals surface area contributed by atoms with E-state index in [1.807, 2.05) is 48.2 Å². The fourth-order valence-electron chi connectivity index (χ4n) is 2.92. The molecular formula is C23H25N3O4S. The van der Waals surface area contributed by atoms with Crippen molar-refractivity contribution in [2.75, 3.05) is 31.9 Å². The number of carboxylic acids is 2. The van der Waals surface area contributed by atoms with Crippen LogP contribution in [-0.4, -0.2) is 54.1 Å². The first-order chi connectivity index (χ1) is 17.1. The molecule has 2 aromatic rings. The highest BCUT2D eigenvalue weighted by Gasteiger charge is 2.24. The molecule has 8 heteroatoms. The van der Waals surface area contributed by atoms with E-state index < -0.39 is 25.9 Å². The van der Waals surface area contributed by atoms with Crippen molar-refractivity contribution in [2.45, 2.75) is 16.7 Å². The van der Waals surface area contributed by atoms with Crippen molar-refractivity contribution in [1.29, 1.82) is 5.26 Å². The smallest absolute Gasteiger partial charge is 0.328 e. The van der Waals surface area contributed by atoms with Crippen LogP contribution in [0.2, 0.25) is 0 Å². The number of rotatable bonds is 6. The Morgan fingerprint density at radius 1 is 1.16 bits per heavy atom. The molecule has 7 nitrogen and oxygen atoms in total. The van der Waals surface area contributed by atoms with Gasteiger partial charge in [-0.05, 0) is 50.2 Å². The van der Waals surface area contributed by atoms with Crippen LogP contribution in [0.15, 0.2) is 64.4 Å². The molecule has 1 atom stereocenters. The van der Waals surface area contributed by atoms with Crippen LogP contribution in [0.3, 0.4) is 0 Å². The second-order valence-electron chi connectivity index (χ2n) is 6.70. The summed E-state index contributed by atoms with van der Waals surface area (Å²) in [5, 5.41) is 24.9. The molecule has 162 valence electrons. The minimum absolute atomic E-state index is 0.105. The number of hydrogen-bond donors (Lipinski definition) is 2. The van der Waals surface area contributed by atoms with Crippen molar-refractivity contribution >= 4 is 35.1 Å². The molecule has 0 spiro atoms. The number of carbonyl (C=O) groups is 2. The third-order valence-corrected chi connectivity index (χ3v) is 5.24. The fraction of sp³-hybridized carbons (Fsp3) is 0.261. The molecule has 1 heterocycles. The molecule has 0 saturated carbocycles. The zero-order valence-corrected chi connectivity index (χ0v) is 17.5. The summed E-state index contributed by atoms with van der Waals surface area (Å²) < 4.78 is 45.5. The Bertz CT molecular complexity index is 1180. The predicted molar refractivity (Wildman–Crippen MR) is 121 cm³/mol. The lowest BCUT2D eigenvalue weighted by molar-refractivity contribution is -0.134. The highest BCUT2D eigenvalue weighted by Crippen LogP contribution is 2.48. The number of nitriles is 1. The highest BCUT2D eigenvalue weighted by atomic mass is 32.2. The third-order valence-electron chi connectivity index (χ3n) is 4.11. The van der Waals surface area contributed by atoms with Gasteiger partial charge in [0, 0.05) is 43.3 Å². The molecule has 2 N–H and O–H groups in total. The van der Waals surface area contributed by atoms with Gasteiger partial charge in [-0.25, -0.2) is 9.59 Å². The Hall–Kier alpha value is -3.28. The lowest BCUT2D eigenvalue weighted by Crippen LogP contribution is -2.31. The van der Waals surface area contributed by atoms with E-state index in [1.54, 1.807) is 17.8 Å². The molecule has 0 fully saturated rings. The van der Waals surface area contributed by atoms with Crippen LogP contribution in [0.4, 0.5) is 11.4 Å². The zero-order chi connectivity index (χ0) is 28.0. The average molecular weight is 446 g/mol. The minimum atomic E-state index is -2.71. The van der Waals surface area contributed by atoms with E-state index >= 15 is 0 Å². The van der Waals surface area contributed by atoms with Gasteiger partial charge in [-0.15, -0.1) is 0 Å². The van der Waals surface area contributed by atoms with Gasteiger partial charge in [-0.1, -0.05) is 30.8 Å². The predicted octanol–water partition coefficient (Wildman–Crippen LogP) is 4.07. The van der Waals surface area contributed by atoms with Gasteiger partial charge in [-0.2, -0.15) is 5.26 Å². The molecule has 2 aromatic carbocycles. The number of fused-ring (bicyclic) bond motifs is 2. The molecule has 0 aromatic heterocycles. The number of carboxylic acid groups (broad SMARTS) is 2. The van der Waals surface area contributed by atoms with Crippen molar-refractivity contribution in [3.8, 4) is 6.07 Å². The molecule has 1 aliphatic heterocycles. The summed E-state index contributed by atoms with van der Waals surface area (Å²) >= 11 is 1.61. The van der Waals surface area contributed by atoms with Gasteiger partial charge in [0.15, 0.2) is 0 Å². The molecular weight excluding hydrogens is 414 g/mol. The number of nitrogens with zero attached hydrogens (tertiary/aromatic N) is 3. The molecule has 3 rings (SSSR count). The Morgan fingerprint density at radius 2 is 1.81 bits per heavy atom. The van der Waals surface area contributed by atoms with Crippen LogP contribution < -0.4 is 4.90 Å². The van der Waals surface area contributed by atoms with Crippen molar-refractivity contribution < 1.29 is 28.0 Å². The van der Waals surface area contributed by atoms with Crippen LogP contribution >= 0.6 is 11.8 Å². The van der Waals surface area contributed by atoms with Crippen molar-refractivity contribution in [2.24, 2.45) is 5.92 Å². The second-order valence-corrected chi connectivity index (χ2v) is 7.78. The van der Waals surface area contributed by atoms with Crippen LogP contribution in [0.5, 0.6) is 0 Å². The van der Waals surface area contributed by atoms with Crippen molar-refractivity contribution in [1.82, 2.24) is 4.90 Å². The first kappa shape index (κ1) is 16.4. The van der Waals surface area contributed by atoms with Gasteiger partial charge in [0.05, 0.1) is 23.0 Å². The normalized spacial score (nSPS) is 16.6. The number of benzene rings is 2. The van der Waals surface area contributed by atoms with Crippen molar-refractivity contribution in [3.05, 3.63) is 60.2 Å². The van der Waals surface area contributed by atoms with E-state index in [4.69, 9.17) is 18.4 Å². The maximum atomic E-state index is 9.55. The molecule has 1 unspecified atom stereocenters. The Kier molecular flexibility index (Phi) is 5.93. The summed E-state index contributed by atoms with van der Waals surface area (Å²) in [6.45, 7) is -3.26. The second kappa shape index (κ2) is 11.2. The summed E-state index contributed by atoms with van der Waals surface area (Å²) in [4.78, 5) is 23.8. The van der Waals surface area contributed by atoms with E-state index in [9.17, 15) is 14.9 Å². The topological polar surface area (TPSA) is 105 Å². The molecule has 0 aliphatic carbocycles. The van der Waals surface area contributed by atoms with Gasteiger partial charge >= 0.3 is 11.9 Å². The first-order valence-corrected chi connectivity index (χ1v) is 9.95. The van der Waals surface area contributed by atoms with Gasteiger partial charge in [0.25, 0.3) is 0 Å². The molecule has 0 radical (unpaired) electrons. The summed E-state index contributed by atoms with van der Waals surface area (Å²) in [7, 11) is 0. The van der Waals surface area contributed by atoms with Crippen LogP contribution in [0, 0.1) is 17.2 Å². The quantitative estimate of drug-likeness (QED) is 0.641. The molecule has 31 heavy (non-hydrogen) atoms. The van der Waals surface area contributed by atoms with Gasteiger partial charge < -0.3 is 20.0 Å². The average Bonchev–Trinajstić information content (AvgIpc) is 2.80. The Labute approximate surface area is 194 Å². The van der Waals surface area contributed by atoms with Crippen LogP contribution in [0.1, 0.15) is 20.7 Å². The third kappa shape index (κ3) is 7.17. The number of aliphatic carboxylic acids is 2. The Morgan fingerprint density at radius 3 is 2.42 bits per heavy atom. The largest absolute Gasteiger partial charge is 0.478 e. The molecule has 0 bridgehead atoms. The van der Waals surface area contributed by atoms with E-state index in [2.05, 4.69) is 6.07 Å². The van der Waals surface area contributed by atoms with E-state index in [0.717, 1.165) is 21.2 Å². The number of anilines is 2. The number of hydrogen-bond acceptors (Lipinski definition) is 6. The lowest BCUT2D eigenvalue weighted by atomic mass is 10.1. The zero-order valence-electron chi connectivity index (χ0n) is 22.6. The van der Waals surface area contributed by atoms with Gasteiger partial charge in [0.1, 0.15) is 0 Å². The fourth-order valence-corrected chi connectivity index (χ4v) is 4.00. The number of para-hydroxylation sites is 1. The van der Waals surface area contributed by atoms with E-state index in [0.29, 0.717) is 29.2 Å². The standard InChI is InChI=1S/C19H21N3S.C4H4O4/c1-14(12-21(2)3)13-22-16-6-4-5-7-18(16)23-19-9-8-15(11-20)10-17(19)22;5-3(6)1-2-4(7)8/h4-10,14H,12-13H2,1-3H3;1-2H,(H,5,6)(H,7,8)/b;2-1+/i2D3,3D3;. The maximum Gasteiger partial charge on any atom is 0.328 e. The summed E-state index contributed by atoms with van der Waals surface area (Å²) in [6.07, 6.45) is 1.12. The first-order valence-electron chi connectivity index (χ1n) is 12.1. The highest BCUT2D eigenvalue weighted by molar-refractivity contribution is 7.99. The molecule has 1 aliphatic rings. The lowest BCUT2D eigenvalue weighted by Gasteiger charge is -2.35. The molecule has 0 saturated heterocycles. The summed E-state index contributed by atoms with van der Waals surface area (Å²) in [5.74, 6) is -2.77. The van der Waals surface area contributed by atoms with Gasteiger partial charge in [-0.3, -0.25) is 0 Å². The van der Waals surface area contributed by atoms with Crippen LogP contribution in [-0.2, 0) is 9.59 Å². The van der Waals surface area contributed by atoms with Gasteiger partial charge in [0.2, 0.25) is 0 Å². The van der Waals surface area contributed by atoms with E-state index in [1.165, 1.54) is 0 Å². The summed E-state index contributed by atoms with van der Waals surface area (Å²) in [5.41, 5.74) is 2.36.